The van der Waals surface area contributed by atoms with E-state index in [-0.39, 0.29) is 48.4 Å². The van der Waals surface area contributed by atoms with Crippen molar-refractivity contribution in [3.8, 4) is 0 Å². The number of ketones is 1. The second-order valence-corrected chi connectivity index (χ2v) is 18.5. The summed E-state index contributed by atoms with van der Waals surface area (Å²) in [5.41, 5.74) is 3.29. The van der Waals surface area contributed by atoms with E-state index < -0.39 is 17.9 Å². The van der Waals surface area contributed by atoms with Crippen LogP contribution in [0.2, 0.25) is 0 Å². The number of carbonyl (C=O) groups is 3. The smallest absolute Gasteiger partial charge is 0.316 e. The fourth-order valence-electron chi connectivity index (χ4n) is 9.93. The molecule has 0 aromatic carbocycles. The lowest BCUT2D eigenvalue weighted by molar-refractivity contribution is -0.160. The summed E-state index contributed by atoms with van der Waals surface area (Å²) in [5, 5.41) is 33.0. The Morgan fingerprint density at radius 1 is 1.04 bits per heavy atom. The van der Waals surface area contributed by atoms with Gasteiger partial charge in [-0.2, -0.15) is 0 Å². The normalized spacial score (nSPS) is 34.5. The second-order valence-electron chi connectivity index (χ2n) is 17.2. The van der Waals surface area contributed by atoms with Gasteiger partial charge in [0.25, 0.3) is 0 Å². The summed E-state index contributed by atoms with van der Waals surface area (Å²) in [7, 11) is 0. The van der Waals surface area contributed by atoms with Gasteiger partial charge in [0.15, 0.2) is 5.78 Å². The molecule has 5 N–H and O–H groups in total. The molecule has 7 rings (SSSR count). The molecule has 7 aliphatic rings. The predicted molar refractivity (Wildman–Crippen MR) is 217 cm³/mol. The number of aliphatic hydroxyl groups excluding tert-OH is 2. The van der Waals surface area contributed by atoms with Crippen molar-refractivity contribution >= 4 is 29.7 Å². The molecule has 3 amide bonds. The van der Waals surface area contributed by atoms with Crippen LogP contribution in [0.25, 0.3) is 0 Å². The SMILES string of the molecule is CCCNCC(=O)N1[C@@H](CC2=CCC(O)CC2)C(O)N(CC2=CC=CC3C(C(C)=O)=CN(SC4CCC(C)CC4)[C@H]23)[C@@H]2C[C@@]21NC(=O)NCC1=CCCCC1. The Morgan fingerprint density at radius 2 is 1.85 bits per heavy atom. The van der Waals surface area contributed by atoms with Crippen molar-refractivity contribution < 1.29 is 24.6 Å². The maximum atomic E-state index is 14.4. The molecule has 0 bridgehead atoms. The summed E-state index contributed by atoms with van der Waals surface area (Å²) in [6.07, 6.45) is 24.1. The zero-order valence-electron chi connectivity index (χ0n) is 33.2. The van der Waals surface area contributed by atoms with Crippen molar-refractivity contribution in [2.75, 3.05) is 26.2 Å². The number of hydrogen-bond donors (Lipinski definition) is 5. The number of Topliss-reactive ketones (excluding diaryl/α,β-unsaturated/α-hetero) is 1. The molecule has 0 spiro atoms. The molecule has 1 saturated heterocycles. The molecule has 3 fully saturated rings. The Labute approximate surface area is 332 Å². The van der Waals surface area contributed by atoms with Crippen molar-refractivity contribution in [3.05, 3.63) is 58.9 Å². The summed E-state index contributed by atoms with van der Waals surface area (Å²) in [5.74, 6) is 0.613. The highest BCUT2D eigenvalue weighted by molar-refractivity contribution is 7.97. The second kappa shape index (κ2) is 17.7. The highest BCUT2D eigenvalue weighted by atomic mass is 32.2. The van der Waals surface area contributed by atoms with Gasteiger partial charge in [0.1, 0.15) is 11.9 Å². The van der Waals surface area contributed by atoms with Gasteiger partial charge in [0.05, 0.1) is 30.8 Å². The standard InChI is InChI=1S/C43H64N6O5S/c1-4-21-44-25-39(52)49-37(22-30-15-17-33(51)18-16-30)41(53)47(38-23-43(38,49)46-42(54)45-24-31-9-6-5-7-10-31)26-32-11-8-12-35-36(29(3)50)27-48(40(32)35)55-34-19-13-28(2)14-20-34/h8-9,11-12,15,27-28,33-35,37-38,40-41,44,51,53H,4-7,10,13-14,16-26H2,1-3H3,(H2,45,46,54)/t28?,33?,34?,35?,37-,38+,40+,41?,43-/m0/s1. The lowest BCUT2D eigenvalue weighted by atomic mass is 9.84. The third kappa shape index (κ3) is 8.98. The molecule has 0 radical (unpaired) electrons. The van der Waals surface area contributed by atoms with Crippen molar-refractivity contribution in [3.63, 3.8) is 0 Å². The molecule has 0 aromatic rings. The molecule has 3 unspecified atom stereocenters. The van der Waals surface area contributed by atoms with E-state index in [0.29, 0.717) is 57.0 Å². The van der Waals surface area contributed by atoms with E-state index in [4.69, 9.17) is 0 Å². The number of hydrogen-bond acceptors (Lipinski definition) is 9. The molecule has 5 aliphatic carbocycles. The summed E-state index contributed by atoms with van der Waals surface area (Å²) >= 11 is 1.87. The topological polar surface area (TPSA) is 137 Å². The molecule has 12 heteroatoms. The average molecular weight is 777 g/mol. The first-order chi connectivity index (χ1) is 26.6. The minimum atomic E-state index is -0.995. The van der Waals surface area contributed by atoms with Crippen molar-refractivity contribution in [1.82, 2.24) is 30.1 Å². The zero-order valence-corrected chi connectivity index (χ0v) is 34.0. The van der Waals surface area contributed by atoms with Crippen LogP contribution in [0.1, 0.15) is 111 Å². The van der Waals surface area contributed by atoms with Crippen molar-refractivity contribution in [1.29, 1.82) is 0 Å². The van der Waals surface area contributed by atoms with E-state index in [1.54, 1.807) is 6.92 Å². The number of nitrogens with one attached hydrogen (secondary N) is 3. The third-order valence-electron chi connectivity index (χ3n) is 13.1. The third-order valence-corrected chi connectivity index (χ3v) is 14.5. The van der Waals surface area contributed by atoms with Crippen LogP contribution in [0.3, 0.4) is 0 Å². The largest absolute Gasteiger partial charge is 0.393 e. The van der Waals surface area contributed by atoms with Gasteiger partial charge in [-0.05, 0) is 120 Å². The van der Waals surface area contributed by atoms with Crippen molar-refractivity contribution in [2.45, 2.75) is 152 Å². The van der Waals surface area contributed by atoms with Gasteiger partial charge in [-0.15, -0.1) is 0 Å². The first-order valence-corrected chi connectivity index (χ1v) is 22.0. The van der Waals surface area contributed by atoms with Gasteiger partial charge in [-0.25, -0.2) is 4.79 Å². The van der Waals surface area contributed by atoms with Crippen LogP contribution >= 0.6 is 11.9 Å². The monoisotopic (exact) mass is 776 g/mol. The lowest BCUT2D eigenvalue weighted by Crippen LogP contribution is -2.71. The molecule has 11 nitrogen and oxygen atoms in total. The summed E-state index contributed by atoms with van der Waals surface area (Å²) < 4.78 is 2.32. The van der Waals surface area contributed by atoms with E-state index in [1.165, 1.54) is 24.8 Å². The number of aliphatic hydroxyl groups is 2. The summed E-state index contributed by atoms with van der Waals surface area (Å²) in [4.78, 5) is 45.2. The Morgan fingerprint density at radius 3 is 2.56 bits per heavy atom. The fourth-order valence-corrected chi connectivity index (χ4v) is 11.3. The van der Waals surface area contributed by atoms with Crippen LogP contribution in [0.4, 0.5) is 4.79 Å². The average Bonchev–Trinajstić information content (AvgIpc) is 3.77. The Balaban J connectivity index is 1.18. The Hall–Kier alpha value is -2.90. The first-order valence-electron chi connectivity index (χ1n) is 21.2. The number of rotatable bonds is 14. The number of nitrogens with zero attached hydrogens (tertiary/aromatic N) is 3. The van der Waals surface area contributed by atoms with Crippen LogP contribution in [-0.4, -0.2) is 110 Å². The number of urea groups is 1. The predicted octanol–water partition coefficient (Wildman–Crippen LogP) is 5.44. The van der Waals surface area contributed by atoms with Crippen LogP contribution in [-0.2, 0) is 9.59 Å². The molecule has 2 saturated carbocycles. The van der Waals surface area contributed by atoms with Gasteiger partial charge < -0.3 is 35.4 Å². The van der Waals surface area contributed by atoms with Crippen LogP contribution in [0, 0.1) is 11.8 Å². The number of allylic oxidation sites excluding steroid dienone is 3. The molecule has 2 heterocycles. The quantitative estimate of drug-likeness (QED) is 0.0888. The molecule has 2 aliphatic heterocycles. The van der Waals surface area contributed by atoms with Gasteiger partial charge in [-0.1, -0.05) is 55.4 Å². The number of piperazine rings is 1. The van der Waals surface area contributed by atoms with Crippen LogP contribution < -0.4 is 16.0 Å². The lowest BCUT2D eigenvalue weighted by Gasteiger charge is -2.50. The number of fused-ring (bicyclic) bond motifs is 2. The summed E-state index contributed by atoms with van der Waals surface area (Å²) in [6.45, 7) is 7.78. The highest BCUT2D eigenvalue weighted by Crippen LogP contribution is 2.52. The zero-order chi connectivity index (χ0) is 38.7. The Bertz CT molecular complexity index is 1600. The van der Waals surface area contributed by atoms with E-state index in [1.807, 2.05) is 16.8 Å². The molecule has 7 atom stereocenters. The molecule has 302 valence electrons. The van der Waals surface area contributed by atoms with Gasteiger partial charge >= 0.3 is 6.03 Å². The van der Waals surface area contributed by atoms with Crippen LogP contribution in [0.5, 0.6) is 0 Å². The molecule has 55 heavy (non-hydrogen) atoms. The van der Waals surface area contributed by atoms with Gasteiger partial charge in [0, 0.05) is 42.5 Å². The van der Waals surface area contributed by atoms with E-state index in [9.17, 15) is 24.6 Å². The van der Waals surface area contributed by atoms with Gasteiger partial charge in [-0.3, -0.25) is 14.5 Å². The minimum Gasteiger partial charge on any atom is -0.393 e. The van der Waals surface area contributed by atoms with Gasteiger partial charge in [0.2, 0.25) is 5.91 Å². The fraction of sp³-hybridized carbons (Fsp3) is 0.698. The summed E-state index contributed by atoms with van der Waals surface area (Å²) in [6, 6.07) is -1.29. The van der Waals surface area contributed by atoms with E-state index in [0.717, 1.165) is 61.2 Å². The number of carbonyl (C=O) groups excluding carboxylic acids is 3. The minimum absolute atomic E-state index is 0.0625. The number of amides is 3. The van der Waals surface area contributed by atoms with E-state index in [2.05, 4.69) is 75.6 Å². The van der Waals surface area contributed by atoms with Crippen LogP contribution in [0.15, 0.2) is 58.9 Å². The molecular formula is C43H64N6O5S. The van der Waals surface area contributed by atoms with E-state index >= 15 is 0 Å². The first kappa shape index (κ1) is 40.3. The van der Waals surface area contributed by atoms with Crippen molar-refractivity contribution in [2.24, 2.45) is 11.8 Å². The maximum absolute atomic E-state index is 14.4. The maximum Gasteiger partial charge on any atom is 0.316 e. The Kier molecular flexibility index (Phi) is 13.0. The highest BCUT2D eigenvalue weighted by Gasteiger charge is 2.70. The molecule has 0 aromatic heterocycles. The molecular weight excluding hydrogens is 713 g/mol.